The van der Waals surface area contributed by atoms with E-state index < -0.39 is 11.6 Å². The van der Waals surface area contributed by atoms with Crippen LogP contribution >= 0.6 is 0 Å². The summed E-state index contributed by atoms with van der Waals surface area (Å²) in [6, 6.07) is 1.81. The molecular formula is C8H8F2O. The van der Waals surface area contributed by atoms with E-state index in [1.54, 1.807) is 6.92 Å². The van der Waals surface area contributed by atoms with Gasteiger partial charge in [0.25, 0.3) is 0 Å². The maximum absolute atomic E-state index is 12.7. The van der Waals surface area contributed by atoms with Crippen LogP contribution in [0.4, 0.5) is 8.78 Å². The third kappa shape index (κ3) is 1.48. The Labute approximate surface area is 63.3 Å². The van der Waals surface area contributed by atoms with E-state index in [1.807, 2.05) is 0 Å². The average molecular weight is 158 g/mol. The highest BCUT2D eigenvalue weighted by atomic mass is 19.1. The number of aromatic hydroxyl groups is 1. The number of hydrogen-bond donors (Lipinski definition) is 1. The Morgan fingerprint density at radius 1 is 1.27 bits per heavy atom. The Morgan fingerprint density at radius 2 is 1.73 bits per heavy atom. The van der Waals surface area contributed by atoms with Gasteiger partial charge in [-0.05, 0) is 6.42 Å². The molecule has 3 heteroatoms. The lowest BCUT2D eigenvalue weighted by Gasteiger charge is -2.01. The molecular weight excluding hydrogens is 150 g/mol. The SMILES string of the molecule is CCc1c(F)cc(O)cc1F. The Kier molecular flexibility index (Phi) is 2.08. The van der Waals surface area contributed by atoms with Gasteiger partial charge in [-0.2, -0.15) is 0 Å². The summed E-state index contributed by atoms with van der Waals surface area (Å²) in [7, 11) is 0. The largest absolute Gasteiger partial charge is 0.508 e. The van der Waals surface area contributed by atoms with Gasteiger partial charge in [0.1, 0.15) is 17.4 Å². The molecule has 0 radical (unpaired) electrons. The third-order valence-corrected chi connectivity index (χ3v) is 1.48. The van der Waals surface area contributed by atoms with Crippen LogP contribution in [-0.2, 0) is 6.42 Å². The fraction of sp³-hybridized carbons (Fsp3) is 0.250. The van der Waals surface area contributed by atoms with Crippen molar-refractivity contribution in [1.82, 2.24) is 0 Å². The van der Waals surface area contributed by atoms with Crippen molar-refractivity contribution < 1.29 is 13.9 Å². The second kappa shape index (κ2) is 2.86. The quantitative estimate of drug-likeness (QED) is 0.664. The molecule has 0 unspecified atom stereocenters. The average Bonchev–Trinajstić information content (AvgIpc) is 1.85. The van der Waals surface area contributed by atoms with Crippen LogP contribution in [0, 0.1) is 11.6 Å². The Hall–Kier alpha value is -1.12. The van der Waals surface area contributed by atoms with E-state index >= 15 is 0 Å². The normalized spacial score (nSPS) is 10.1. The number of rotatable bonds is 1. The highest BCUT2D eigenvalue weighted by Gasteiger charge is 2.07. The molecule has 0 saturated carbocycles. The lowest BCUT2D eigenvalue weighted by molar-refractivity contribution is 0.457. The van der Waals surface area contributed by atoms with Crippen molar-refractivity contribution >= 4 is 0 Å². The van der Waals surface area contributed by atoms with Crippen molar-refractivity contribution in [2.75, 3.05) is 0 Å². The van der Waals surface area contributed by atoms with Gasteiger partial charge >= 0.3 is 0 Å². The second-order valence-electron chi connectivity index (χ2n) is 2.24. The standard InChI is InChI=1S/C8H8F2O/c1-2-6-7(9)3-5(11)4-8(6)10/h3-4,11H,2H2,1H3. The van der Waals surface area contributed by atoms with Gasteiger partial charge in [0.05, 0.1) is 0 Å². The van der Waals surface area contributed by atoms with Crippen LogP contribution in [0.2, 0.25) is 0 Å². The molecule has 0 saturated heterocycles. The Morgan fingerprint density at radius 3 is 2.09 bits per heavy atom. The molecule has 0 spiro atoms. The molecule has 1 aromatic rings. The van der Waals surface area contributed by atoms with E-state index in [-0.39, 0.29) is 17.7 Å². The molecule has 1 rings (SSSR count). The van der Waals surface area contributed by atoms with E-state index in [0.717, 1.165) is 12.1 Å². The van der Waals surface area contributed by atoms with Crippen LogP contribution in [0.3, 0.4) is 0 Å². The van der Waals surface area contributed by atoms with Crippen molar-refractivity contribution in [1.29, 1.82) is 0 Å². The molecule has 0 fully saturated rings. The predicted molar refractivity (Wildman–Crippen MR) is 37.4 cm³/mol. The molecule has 1 nitrogen and oxygen atoms in total. The van der Waals surface area contributed by atoms with Gasteiger partial charge in [-0.3, -0.25) is 0 Å². The molecule has 11 heavy (non-hydrogen) atoms. The number of hydrogen-bond acceptors (Lipinski definition) is 1. The zero-order valence-corrected chi connectivity index (χ0v) is 6.06. The summed E-state index contributed by atoms with van der Waals surface area (Å²) in [6.45, 7) is 1.65. The van der Waals surface area contributed by atoms with Gasteiger partial charge in [-0.25, -0.2) is 8.78 Å². The number of halogens is 2. The minimum atomic E-state index is -0.690. The van der Waals surface area contributed by atoms with E-state index in [9.17, 15) is 8.78 Å². The molecule has 1 N–H and O–H groups in total. The van der Waals surface area contributed by atoms with Crippen molar-refractivity contribution in [3.05, 3.63) is 29.3 Å². The van der Waals surface area contributed by atoms with E-state index in [1.165, 1.54) is 0 Å². The maximum atomic E-state index is 12.7. The van der Waals surface area contributed by atoms with E-state index in [0.29, 0.717) is 0 Å². The van der Waals surface area contributed by atoms with E-state index in [2.05, 4.69) is 0 Å². The fourth-order valence-electron chi connectivity index (χ4n) is 0.927. The summed E-state index contributed by atoms with van der Waals surface area (Å²) in [5.41, 5.74) is 0.0165. The molecule has 0 aliphatic heterocycles. The number of phenols is 1. The number of benzene rings is 1. The summed E-state index contributed by atoms with van der Waals surface area (Å²) >= 11 is 0. The first-order valence-electron chi connectivity index (χ1n) is 3.32. The molecule has 0 bridgehead atoms. The lowest BCUT2D eigenvalue weighted by Crippen LogP contribution is -1.92. The molecule has 0 amide bonds. The van der Waals surface area contributed by atoms with Crippen LogP contribution < -0.4 is 0 Å². The van der Waals surface area contributed by atoms with Crippen molar-refractivity contribution in [2.24, 2.45) is 0 Å². The smallest absolute Gasteiger partial charge is 0.132 e. The van der Waals surface area contributed by atoms with Crippen molar-refractivity contribution in [2.45, 2.75) is 13.3 Å². The van der Waals surface area contributed by atoms with Gasteiger partial charge in [0.15, 0.2) is 0 Å². The Balaban J connectivity index is 3.25. The lowest BCUT2D eigenvalue weighted by atomic mass is 10.1. The molecule has 60 valence electrons. The maximum Gasteiger partial charge on any atom is 0.132 e. The molecule has 0 aromatic heterocycles. The summed E-state index contributed by atoms with van der Waals surface area (Å²) < 4.78 is 25.4. The van der Waals surface area contributed by atoms with Crippen LogP contribution in [0.15, 0.2) is 12.1 Å². The molecule has 0 aliphatic carbocycles. The van der Waals surface area contributed by atoms with Crippen LogP contribution in [0.5, 0.6) is 5.75 Å². The second-order valence-corrected chi connectivity index (χ2v) is 2.24. The summed E-state index contributed by atoms with van der Waals surface area (Å²) in [5, 5.41) is 8.73. The predicted octanol–water partition coefficient (Wildman–Crippen LogP) is 2.23. The monoisotopic (exact) mass is 158 g/mol. The summed E-state index contributed by atoms with van der Waals surface area (Å²) in [5.74, 6) is -1.76. The first-order chi connectivity index (χ1) is 5.15. The molecule has 0 aliphatic rings. The van der Waals surface area contributed by atoms with E-state index in [4.69, 9.17) is 5.11 Å². The number of phenolic OH excluding ortho intramolecular Hbond substituents is 1. The van der Waals surface area contributed by atoms with Gasteiger partial charge in [-0.15, -0.1) is 0 Å². The zero-order chi connectivity index (χ0) is 8.43. The van der Waals surface area contributed by atoms with Crippen LogP contribution in [0.25, 0.3) is 0 Å². The first-order valence-corrected chi connectivity index (χ1v) is 3.32. The minimum Gasteiger partial charge on any atom is -0.508 e. The Bertz CT molecular complexity index is 248. The minimum absolute atomic E-state index is 0.0165. The zero-order valence-electron chi connectivity index (χ0n) is 6.06. The first kappa shape index (κ1) is 7.98. The fourth-order valence-corrected chi connectivity index (χ4v) is 0.927. The van der Waals surface area contributed by atoms with Crippen molar-refractivity contribution in [3.63, 3.8) is 0 Å². The molecule has 0 heterocycles. The molecule has 1 aromatic carbocycles. The van der Waals surface area contributed by atoms with Crippen LogP contribution in [-0.4, -0.2) is 5.11 Å². The third-order valence-electron chi connectivity index (χ3n) is 1.48. The van der Waals surface area contributed by atoms with Gasteiger partial charge in [0, 0.05) is 17.7 Å². The molecule has 0 atom stereocenters. The van der Waals surface area contributed by atoms with Crippen LogP contribution in [0.1, 0.15) is 12.5 Å². The highest BCUT2D eigenvalue weighted by Crippen LogP contribution is 2.19. The summed E-state index contributed by atoms with van der Waals surface area (Å²) in [4.78, 5) is 0. The topological polar surface area (TPSA) is 20.2 Å². The highest BCUT2D eigenvalue weighted by molar-refractivity contribution is 5.29. The summed E-state index contributed by atoms with van der Waals surface area (Å²) in [6.07, 6.45) is 0.290. The van der Waals surface area contributed by atoms with Crippen molar-refractivity contribution in [3.8, 4) is 5.75 Å². The van der Waals surface area contributed by atoms with Gasteiger partial charge < -0.3 is 5.11 Å². The van der Waals surface area contributed by atoms with Gasteiger partial charge in [0.2, 0.25) is 0 Å². The van der Waals surface area contributed by atoms with Gasteiger partial charge in [-0.1, -0.05) is 6.92 Å².